The number of hydrogen-bond acceptors (Lipinski definition) is 3. The third kappa shape index (κ3) is 13.8. The molecule has 2 aromatic rings. The first-order valence-electron chi connectivity index (χ1n) is 18.7. The van der Waals surface area contributed by atoms with Crippen LogP contribution in [0.1, 0.15) is 135 Å². The molecule has 3 heteroatoms. The van der Waals surface area contributed by atoms with Gasteiger partial charge in [-0.1, -0.05) is 121 Å². The molecule has 2 aliphatic rings. The number of benzene rings is 2. The first kappa shape index (κ1) is 41.7. The Morgan fingerprint density at radius 2 is 1.73 bits per heavy atom. The van der Waals surface area contributed by atoms with Crippen molar-refractivity contribution in [1.29, 1.82) is 0 Å². The topological polar surface area (TPSA) is 43.4 Å². The van der Waals surface area contributed by atoms with Crippen LogP contribution in [-0.4, -0.2) is 19.2 Å². The van der Waals surface area contributed by atoms with Crippen LogP contribution in [0.3, 0.4) is 0 Å². The van der Waals surface area contributed by atoms with Crippen molar-refractivity contribution in [2.24, 2.45) is 17.8 Å². The number of ether oxygens (including phenoxy) is 1. The first-order chi connectivity index (χ1) is 23.4. The van der Waals surface area contributed by atoms with E-state index in [1.165, 1.54) is 71.9 Å². The largest absolute Gasteiger partial charge is 0.494 e. The molecule has 4 rings (SSSR count). The maximum absolute atomic E-state index is 13.9. The second-order valence-electron chi connectivity index (χ2n) is 14.0. The second-order valence-corrected chi connectivity index (χ2v) is 14.0. The Morgan fingerprint density at radius 1 is 0.980 bits per heavy atom. The van der Waals surface area contributed by atoms with Crippen molar-refractivity contribution in [1.82, 2.24) is 0 Å². The molecule has 1 fully saturated rings. The van der Waals surface area contributed by atoms with Gasteiger partial charge in [-0.15, -0.1) is 0 Å². The van der Waals surface area contributed by atoms with Gasteiger partial charge in [-0.05, 0) is 135 Å². The maximum atomic E-state index is 13.9. The molecule has 1 saturated carbocycles. The van der Waals surface area contributed by atoms with Gasteiger partial charge in [0.05, 0.1) is 6.61 Å². The van der Waals surface area contributed by atoms with Crippen molar-refractivity contribution < 1.29 is 15.8 Å². The standard InChI is InChI=1S/C44H60O2.CH2O.CH4.H2/c1-6-9-10-11-15-20-39(7-2)42-30-38(31-43(32-42)46-25-24-35-17-13-12-14-18-35)26-34(5)44(45)41-21-16-19-36(29-41)27-37-23-22-33(4)40(8-3)28-37;1-2;;/h7,9-11,15,21-23,28,30-32,34-36H,6,8,12-14,16-20,24-27,29H2,1-5H3;1H2;1H4;1H/b10-9-,15-11-,39-7+;;;. The number of hydrogen-bond donors (Lipinski definition) is 0. The number of carbonyl (C=O) groups is 2. The molecule has 2 unspecified atom stereocenters. The quantitative estimate of drug-likeness (QED) is 0.167. The van der Waals surface area contributed by atoms with Gasteiger partial charge in [0.15, 0.2) is 5.78 Å². The minimum absolute atomic E-state index is 0. The number of rotatable bonds is 16. The fraction of sp³-hybridized carbons (Fsp3) is 0.522. The summed E-state index contributed by atoms with van der Waals surface area (Å²) in [6.07, 6.45) is 28.9. The lowest BCUT2D eigenvalue weighted by Crippen LogP contribution is -2.21. The van der Waals surface area contributed by atoms with E-state index in [-0.39, 0.29) is 14.8 Å². The highest BCUT2D eigenvalue weighted by Crippen LogP contribution is 2.32. The molecule has 3 nitrogen and oxygen atoms in total. The van der Waals surface area contributed by atoms with Crippen LogP contribution in [0, 0.1) is 24.7 Å². The van der Waals surface area contributed by atoms with Gasteiger partial charge in [-0.3, -0.25) is 4.79 Å². The Hall–Kier alpha value is -3.46. The maximum Gasteiger partial charge on any atom is 0.161 e. The Balaban J connectivity index is 0.00000307. The minimum Gasteiger partial charge on any atom is -0.494 e. The molecular formula is C46H68O3. The summed E-state index contributed by atoms with van der Waals surface area (Å²) in [5.41, 5.74) is 8.98. The van der Waals surface area contributed by atoms with Crippen LogP contribution in [0.5, 0.6) is 5.75 Å². The van der Waals surface area contributed by atoms with Crippen molar-refractivity contribution in [2.45, 2.75) is 132 Å². The molecule has 2 aliphatic carbocycles. The van der Waals surface area contributed by atoms with E-state index in [0.717, 1.165) is 75.2 Å². The van der Waals surface area contributed by atoms with Gasteiger partial charge in [0.25, 0.3) is 0 Å². The molecule has 0 aromatic heterocycles. The monoisotopic (exact) mass is 669 g/mol. The average molecular weight is 669 g/mol. The molecule has 270 valence electrons. The van der Waals surface area contributed by atoms with E-state index < -0.39 is 0 Å². The summed E-state index contributed by atoms with van der Waals surface area (Å²) in [4.78, 5) is 21.9. The van der Waals surface area contributed by atoms with Crippen LogP contribution in [0.2, 0.25) is 0 Å². The Kier molecular flexibility index (Phi) is 19.6. The van der Waals surface area contributed by atoms with Gasteiger partial charge < -0.3 is 9.53 Å². The van der Waals surface area contributed by atoms with E-state index in [0.29, 0.717) is 11.7 Å². The zero-order valence-corrected chi connectivity index (χ0v) is 30.7. The fourth-order valence-corrected chi connectivity index (χ4v) is 7.45. The summed E-state index contributed by atoms with van der Waals surface area (Å²) in [5, 5.41) is 0. The van der Waals surface area contributed by atoms with Crippen molar-refractivity contribution >= 4 is 18.1 Å². The molecule has 49 heavy (non-hydrogen) atoms. The lowest BCUT2D eigenvalue weighted by Gasteiger charge is -2.24. The molecule has 0 saturated heterocycles. The second kappa shape index (κ2) is 23.0. The van der Waals surface area contributed by atoms with Crippen molar-refractivity contribution in [3.63, 3.8) is 0 Å². The number of carbonyl (C=O) groups excluding carboxylic acids is 2. The molecular weight excluding hydrogens is 601 g/mol. The predicted molar refractivity (Wildman–Crippen MR) is 213 cm³/mol. The summed E-state index contributed by atoms with van der Waals surface area (Å²) < 4.78 is 6.44. The fourth-order valence-electron chi connectivity index (χ4n) is 7.45. The molecule has 0 heterocycles. The van der Waals surface area contributed by atoms with Crippen LogP contribution >= 0.6 is 0 Å². The minimum atomic E-state index is -0.0606. The van der Waals surface area contributed by atoms with E-state index in [2.05, 4.69) is 107 Å². The average Bonchev–Trinajstić information content (AvgIpc) is 3.11. The Bertz CT molecular complexity index is 1410. The normalized spacial score (nSPS) is 17.6. The summed E-state index contributed by atoms with van der Waals surface area (Å²) in [6.45, 7) is 13.6. The van der Waals surface area contributed by atoms with Gasteiger partial charge >= 0.3 is 0 Å². The summed E-state index contributed by atoms with van der Waals surface area (Å²) in [7, 11) is 0. The van der Waals surface area contributed by atoms with Crippen LogP contribution < -0.4 is 4.74 Å². The van der Waals surface area contributed by atoms with Crippen LogP contribution in [0.25, 0.3) is 5.57 Å². The Labute approximate surface area is 301 Å². The highest BCUT2D eigenvalue weighted by atomic mass is 16.5. The van der Waals surface area contributed by atoms with Crippen molar-refractivity contribution in [3.05, 3.63) is 106 Å². The number of allylic oxidation sites excluding steroid dienone is 8. The van der Waals surface area contributed by atoms with Gasteiger partial charge in [0, 0.05) is 7.34 Å². The third-order valence-electron chi connectivity index (χ3n) is 10.3. The first-order valence-corrected chi connectivity index (χ1v) is 18.7. The van der Waals surface area contributed by atoms with Gasteiger partial charge in [0.1, 0.15) is 12.5 Å². The molecule has 0 amide bonds. The molecule has 0 bridgehead atoms. The van der Waals surface area contributed by atoms with E-state index in [1.54, 1.807) is 0 Å². The summed E-state index contributed by atoms with van der Waals surface area (Å²) >= 11 is 0. The van der Waals surface area contributed by atoms with Crippen molar-refractivity contribution in [2.75, 3.05) is 6.61 Å². The molecule has 0 spiro atoms. The van der Waals surface area contributed by atoms with Gasteiger partial charge in [-0.25, -0.2) is 0 Å². The van der Waals surface area contributed by atoms with Crippen LogP contribution in [0.4, 0.5) is 0 Å². The van der Waals surface area contributed by atoms with Gasteiger partial charge in [0.2, 0.25) is 0 Å². The zero-order chi connectivity index (χ0) is 34.7. The smallest absolute Gasteiger partial charge is 0.161 e. The predicted octanol–water partition coefficient (Wildman–Crippen LogP) is 12.6. The molecule has 0 aliphatic heterocycles. The summed E-state index contributed by atoms with van der Waals surface area (Å²) in [6, 6.07) is 13.6. The SMILES string of the molecule is C.C/C=C(\C/C=C\C=C/CC)c1cc(CC(C)C(=O)C2=CCCC(Cc3ccc(C)c(CC)c3)C2)cc(OCCC2CCCCC2)c1.C=O.[HH]. The Morgan fingerprint density at radius 3 is 2.45 bits per heavy atom. The van der Waals surface area contributed by atoms with Gasteiger partial charge in [-0.2, -0.15) is 0 Å². The highest BCUT2D eigenvalue weighted by molar-refractivity contribution is 5.97. The highest BCUT2D eigenvalue weighted by Gasteiger charge is 2.25. The molecule has 2 aromatic carbocycles. The number of aryl methyl sites for hydroxylation is 2. The van der Waals surface area contributed by atoms with E-state index >= 15 is 0 Å². The van der Waals surface area contributed by atoms with Crippen LogP contribution in [0.15, 0.2) is 78.4 Å². The van der Waals surface area contributed by atoms with E-state index in [1.807, 2.05) is 6.79 Å². The van der Waals surface area contributed by atoms with Crippen molar-refractivity contribution in [3.8, 4) is 5.75 Å². The van der Waals surface area contributed by atoms with E-state index in [4.69, 9.17) is 9.53 Å². The zero-order valence-electron chi connectivity index (χ0n) is 30.7. The molecule has 0 N–H and O–H groups in total. The van der Waals surface area contributed by atoms with Crippen LogP contribution in [-0.2, 0) is 28.9 Å². The number of ketones is 1. The third-order valence-corrected chi connectivity index (χ3v) is 10.3. The lowest BCUT2D eigenvalue weighted by atomic mass is 9.80. The lowest BCUT2D eigenvalue weighted by molar-refractivity contribution is -0.119. The summed E-state index contributed by atoms with van der Waals surface area (Å²) in [5.74, 6) is 2.54. The molecule has 2 atom stereocenters. The number of Topliss-reactive ketones (excluding diaryl/α,β-unsaturated/α-hetero) is 1. The molecule has 0 radical (unpaired) electrons. The van der Waals surface area contributed by atoms with E-state index in [9.17, 15) is 4.79 Å².